The SMILES string of the molecule is COc1ccc(NC2=C(c3ccccc3)C(=O)N(c3cc(C)ccc3OC)C2=O)cc1OC. The van der Waals surface area contributed by atoms with Crippen molar-refractivity contribution in [3.63, 3.8) is 0 Å². The van der Waals surface area contributed by atoms with Crippen molar-refractivity contribution in [1.82, 2.24) is 0 Å². The summed E-state index contributed by atoms with van der Waals surface area (Å²) in [5.74, 6) is 0.580. The highest BCUT2D eigenvalue weighted by atomic mass is 16.5. The summed E-state index contributed by atoms with van der Waals surface area (Å²) in [6.45, 7) is 1.89. The first-order valence-corrected chi connectivity index (χ1v) is 10.3. The Morgan fingerprint density at radius 2 is 1.39 bits per heavy atom. The Balaban J connectivity index is 1.83. The smallest absolute Gasteiger partial charge is 0.282 e. The number of ether oxygens (including phenoxy) is 3. The molecule has 0 bridgehead atoms. The number of hydrogen-bond donors (Lipinski definition) is 1. The zero-order chi connectivity index (χ0) is 23.5. The molecule has 0 saturated carbocycles. The molecule has 0 saturated heterocycles. The van der Waals surface area contributed by atoms with E-state index in [1.54, 1.807) is 49.6 Å². The number of nitrogens with zero attached hydrogens (tertiary/aromatic N) is 1. The molecule has 0 aromatic heterocycles. The molecule has 0 unspecified atom stereocenters. The predicted octanol–water partition coefficient (Wildman–Crippen LogP) is 4.42. The molecule has 3 aromatic carbocycles. The van der Waals surface area contributed by atoms with Gasteiger partial charge in [0.15, 0.2) is 11.5 Å². The average Bonchev–Trinajstić information content (AvgIpc) is 3.08. The summed E-state index contributed by atoms with van der Waals surface area (Å²) in [7, 11) is 4.59. The zero-order valence-electron chi connectivity index (χ0n) is 18.8. The summed E-state index contributed by atoms with van der Waals surface area (Å²) in [5, 5.41) is 3.14. The Morgan fingerprint density at radius 3 is 2.06 bits per heavy atom. The Labute approximate surface area is 192 Å². The van der Waals surface area contributed by atoms with Crippen molar-refractivity contribution in [2.45, 2.75) is 6.92 Å². The molecule has 33 heavy (non-hydrogen) atoms. The van der Waals surface area contributed by atoms with E-state index in [4.69, 9.17) is 14.2 Å². The lowest BCUT2D eigenvalue weighted by Gasteiger charge is -2.19. The summed E-state index contributed by atoms with van der Waals surface area (Å²) in [6.07, 6.45) is 0. The first-order chi connectivity index (χ1) is 16.0. The molecule has 1 heterocycles. The van der Waals surface area contributed by atoms with Gasteiger partial charge >= 0.3 is 0 Å². The van der Waals surface area contributed by atoms with Crippen LogP contribution in [0.5, 0.6) is 17.2 Å². The second kappa shape index (κ2) is 9.08. The fourth-order valence-corrected chi connectivity index (χ4v) is 3.77. The molecular weight excluding hydrogens is 420 g/mol. The van der Waals surface area contributed by atoms with E-state index in [2.05, 4.69) is 5.32 Å². The highest BCUT2D eigenvalue weighted by molar-refractivity contribution is 6.46. The first kappa shape index (κ1) is 22.0. The van der Waals surface area contributed by atoms with Crippen LogP contribution in [0.3, 0.4) is 0 Å². The van der Waals surface area contributed by atoms with Gasteiger partial charge in [0, 0.05) is 11.8 Å². The molecule has 0 radical (unpaired) electrons. The van der Waals surface area contributed by atoms with Crippen molar-refractivity contribution in [2.75, 3.05) is 31.5 Å². The van der Waals surface area contributed by atoms with Crippen LogP contribution in [0, 0.1) is 6.92 Å². The van der Waals surface area contributed by atoms with Gasteiger partial charge < -0.3 is 19.5 Å². The Hall–Kier alpha value is -4.26. The molecule has 1 N–H and O–H groups in total. The van der Waals surface area contributed by atoms with E-state index in [-0.39, 0.29) is 11.3 Å². The number of anilines is 2. The van der Waals surface area contributed by atoms with Crippen molar-refractivity contribution in [2.24, 2.45) is 0 Å². The summed E-state index contributed by atoms with van der Waals surface area (Å²) >= 11 is 0. The van der Waals surface area contributed by atoms with Crippen LogP contribution in [0.15, 0.2) is 72.4 Å². The molecule has 7 heteroatoms. The number of imide groups is 1. The number of carbonyl (C=O) groups is 2. The topological polar surface area (TPSA) is 77.1 Å². The van der Waals surface area contributed by atoms with E-state index in [1.807, 2.05) is 31.2 Å². The van der Waals surface area contributed by atoms with Gasteiger partial charge in [-0.05, 0) is 42.3 Å². The predicted molar refractivity (Wildman–Crippen MR) is 127 cm³/mol. The van der Waals surface area contributed by atoms with Gasteiger partial charge in [0.2, 0.25) is 0 Å². The zero-order valence-corrected chi connectivity index (χ0v) is 18.8. The van der Waals surface area contributed by atoms with Crippen LogP contribution in [0.4, 0.5) is 11.4 Å². The van der Waals surface area contributed by atoms with Crippen LogP contribution >= 0.6 is 0 Å². The molecule has 2 amide bonds. The van der Waals surface area contributed by atoms with Crippen LogP contribution in [0.25, 0.3) is 5.57 Å². The number of hydrogen-bond acceptors (Lipinski definition) is 6. The number of amides is 2. The minimum absolute atomic E-state index is 0.168. The van der Waals surface area contributed by atoms with E-state index >= 15 is 0 Å². The lowest BCUT2D eigenvalue weighted by Crippen LogP contribution is -2.32. The molecule has 3 aromatic rings. The maximum atomic E-state index is 13.6. The third-order valence-electron chi connectivity index (χ3n) is 5.37. The highest BCUT2D eigenvalue weighted by Crippen LogP contribution is 2.39. The minimum Gasteiger partial charge on any atom is -0.495 e. The number of nitrogens with one attached hydrogen (secondary N) is 1. The van der Waals surface area contributed by atoms with Crippen molar-refractivity contribution in [3.8, 4) is 17.2 Å². The van der Waals surface area contributed by atoms with Gasteiger partial charge in [-0.3, -0.25) is 9.59 Å². The summed E-state index contributed by atoms with van der Waals surface area (Å²) in [6, 6.07) is 19.7. The van der Waals surface area contributed by atoms with Gasteiger partial charge in [-0.15, -0.1) is 0 Å². The van der Waals surface area contributed by atoms with Gasteiger partial charge in [-0.25, -0.2) is 4.90 Å². The molecule has 4 rings (SSSR count). The highest BCUT2D eigenvalue weighted by Gasteiger charge is 2.41. The lowest BCUT2D eigenvalue weighted by molar-refractivity contribution is -0.120. The maximum absolute atomic E-state index is 13.6. The van der Waals surface area contributed by atoms with Gasteiger partial charge in [-0.1, -0.05) is 36.4 Å². The second-order valence-corrected chi connectivity index (χ2v) is 7.43. The van der Waals surface area contributed by atoms with Crippen LogP contribution < -0.4 is 24.4 Å². The molecule has 1 aliphatic heterocycles. The average molecular weight is 444 g/mol. The van der Waals surface area contributed by atoms with E-state index in [0.29, 0.717) is 34.2 Å². The Bertz CT molecular complexity index is 1250. The largest absolute Gasteiger partial charge is 0.495 e. The third-order valence-corrected chi connectivity index (χ3v) is 5.37. The van der Waals surface area contributed by atoms with E-state index in [9.17, 15) is 9.59 Å². The molecular formula is C26H24N2O5. The van der Waals surface area contributed by atoms with E-state index < -0.39 is 11.8 Å². The van der Waals surface area contributed by atoms with Crippen LogP contribution in [0.2, 0.25) is 0 Å². The van der Waals surface area contributed by atoms with Crippen LogP contribution in [0.1, 0.15) is 11.1 Å². The molecule has 0 fully saturated rings. The molecule has 0 spiro atoms. The summed E-state index contributed by atoms with van der Waals surface area (Å²) in [5.41, 5.74) is 2.95. The van der Waals surface area contributed by atoms with E-state index in [1.165, 1.54) is 14.2 Å². The monoisotopic (exact) mass is 444 g/mol. The van der Waals surface area contributed by atoms with Crippen molar-refractivity contribution < 1.29 is 23.8 Å². The maximum Gasteiger partial charge on any atom is 0.282 e. The first-order valence-electron chi connectivity index (χ1n) is 10.3. The van der Waals surface area contributed by atoms with Gasteiger partial charge in [-0.2, -0.15) is 0 Å². The van der Waals surface area contributed by atoms with E-state index in [0.717, 1.165) is 10.5 Å². The summed E-state index contributed by atoms with van der Waals surface area (Å²) < 4.78 is 16.1. The van der Waals surface area contributed by atoms with Crippen molar-refractivity contribution in [3.05, 3.63) is 83.6 Å². The van der Waals surface area contributed by atoms with Crippen LogP contribution in [-0.2, 0) is 9.59 Å². The number of aryl methyl sites for hydroxylation is 1. The van der Waals surface area contributed by atoms with Gasteiger partial charge in [0.05, 0.1) is 32.6 Å². The molecule has 168 valence electrons. The standard InChI is InChI=1S/C26H24N2O5/c1-16-10-12-20(31-2)19(14-16)28-25(29)23(17-8-6-5-7-9-17)24(26(28)30)27-18-11-13-21(32-3)22(15-18)33-4/h5-15,27H,1-4H3. The van der Waals surface area contributed by atoms with Crippen molar-refractivity contribution >= 4 is 28.8 Å². The minimum atomic E-state index is -0.475. The fraction of sp³-hybridized carbons (Fsp3) is 0.154. The fourth-order valence-electron chi connectivity index (χ4n) is 3.77. The Morgan fingerprint density at radius 1 is 0.727 bits per heavy atom. The van der Waals surface area contributed by atoms with Gasteiger partial charge in [0.1, 0.15) is 11.4 Å². The quantitative estimate of drug-likeness (QED) is 0.544. The molecule has 0 atom stereocenters. The number of rotatable bonds is 7. The number of methoxy groups -OCH3 is 3. The normalized spacial score (nSPS) is 13.4. The summed E-state index contributed by atoms with van der Waals surface area (Å²) in [4.78, 5) is 28.4. The Kier molecular flexibility index (Phi) is 6.04. The third kappa shape index (κ3) is 4.01. The lowest BCUT2D eigenvalue weighted by atomic mass is 10.0. The molecule has 0 aliphatic carbocycles. The second-order valence-electron chi connectivity index (χ2n) is 7.43. The van der Waals surface area contributed by atoms with Gasteiger partial charge in [0.25, 0.3) is 11.8 Å². The molecule has 7 nitrogen and oxygen atoms in total. The molecule has 1 aliphatic rings. The van der Waals surface area contributed by atoms with Crippen molar-refractivity contribution in [1.29, 1.82) is 0 Å². The van der Waals surface area contributed by atoms with Crippen LogP contribution in [-0.4, -0.2) is 33.1 Å². The number of carbonyl (C=O) groups excluding carboxylic acids is 2. The number of benzene rings is 3.